The van der Waals surface area contributed by atoms with Crippen molar-refractivity contribution >= 4 is 47.3 Å². The predicted molar refractivity (Wildman–Crippen MR) is 114 cm³/mol. The monoisotopic (exact) mass is 455 g/mol. The molecular weight excluding hydrogens is 434 g/mol. The minimum Gasteiger partial charge on any atom is -0.302 e. The van der Waals surface area contributed by atoms with Crippen LogP contribution in [0.1, 0.15) is 13.8 Å². The first-order valence-electron chi connectivity index (χ1n) is 8.82. The number of thiazole rings is 1. The molecule has 1 N–H and O–H groups in total. The molecule has 0 aliphatic rings. The first kappa shape index (κ1) is 21.5. The first-order valence-corrected chi connectivity index (χ1v) is 12.6. The fraction of sp³-hybridized carbons (Fsp3) is 0.278. The summed E-state index contributed by atoms with van der Waals surface area (Å²) in [4.78, 5) is 11.7. The first-order chi connectivity index (χ1) is 13.6. The van der Waals surface area contributed by atoms with E-state index in [9.17, 15) is 21.6 Å². The number of nitrogens with zero attached hydrogens (tertiary/aromatic N) is 2. The van der Waals surface area contributed by atoms with Crippen LogP contribution in [0.5, 0.6) is 0 Å². The van der Waals surface area contributed by atoms with Crippen LogP contribution in [-0.2, 0) is 27.1 Å². The van der Waals surface area contributed by atoms with Crippen molar-refractivity contribution in [3.8, 4) is 0 Å². The lowest BCUT2D eigenvalue weighted by molar-refractivity contribution is 0.445. The molecule has 0 atom stereocenters. The lowest BCUT2D eigenvalue weighted by atomic mass is 10.3. The predicted octanol–water partition coefficient (Wildman–Crippen LogP) is 2.43. The molecule has 0 aliphatic carbocycles. The van der Waals surface area contributed by atoms with Crippen LogP contribution in [0.4, 0.5) is 5.69 Å². The average Bonchev–Trinajstić information content (AvgIpc) is 2.96. The van der Waals surface area contributed by atoms with E-state index in [-0.39, 0.29) is 20.4 Å². The van der Waals surface area contributed by atoms with Gasteiger partial charge in [0.25, 0.3) is 10.0 Å². The summed E-state index contributed by atoms with van der Waals surface area (Å²) in [6.07, 6.45) is 0. The maximum Gasteiger partial charge on any atom is 0.307 e. The molecule has 3 aromatic rings. The molecule has 0 fully saturated rings. The van der Waals surface area contributed by atoms with E-state index in [0.29, 0.717) is 23.3 Å². The van der Waals surface area contributed by atoms with Crippen molar-refractivity contribution in [2.24, 2.45) is 7.05 Å². The van der Waals surface area contributed by atoms with E-state index in [1.165, 1.54) is 45.3 Å². The Balaban J connectivity index is 1.88. The molecule has 0 saturated carbocycles. The Hall–Kier alpha value is -2.21. The summed E-state index contributed by atoms with van der Waals surface area (Å²) in [6, 6.07) is 10.0. The molecular formula is C18H21N3O5S3. The molecule has 3 rings (SSSR count). The number of nitrogens with one attached hydrogen (secondary N) is 1. The van der Waals surface area contributed by atoms with Crippen LogP contribution in [0, 0.1) is 0 Å². The van der Waals surface area contributed by atoms with E-state index in [1.807, 2.05) is 0 Å². The van der Waals surface area contributed by atoms with Gasteiger partial charge in [-0.1, -0.05) is 25.2 Å². The van der Waals surface area contributed by atoms with Gasteiger partial charge in [0, 0.05) is 25.8 Å². The van der Waals surface area contributed by atoms with Gasteiger partial charge in [-0.15, -0.1) is 0 Å². The third-order valence-corrected chi connectivity index (χ3v) is 8.96. The number of rotatable bonds is 7. The Bertz CT molecular complexity index is 1300. The van der Waals surface area contributed by atoms with E-state index in [2.05, 4.69) is 4.72 Å². The van der Waals surface area contributed by atoms with E-state index >= 15 is 0 Å². The van der Waals surface area contributed by atoms with Crippen LogP contribution in [0.25, 0.3) is 10.2 Å². The second-order valence-electron chi connectivity index (χ2n) is 6.28. The maximum absolute atomic E-state index is 12.7. The minimum atomic E-state index is -3.90. The van der Waals surface area contributed by atoms with Crippen LogP contribution in [0.2, 0.25) is 0 Å². The summed E-state index contributed by atoms with van der Waals surface area (Å²) in [7, 11) is -5.88. The average molecular weight is 456 g/mol. The molecule has 0 bridgehead atoms. The zero-order valence-corrected chi connectivity index (χ0v) is 18.6. The fourth-order valence-electron chi connectivity index (χ4n) is 2.90. The third kappa shape index (κ3) is 4.08. The number of anilines is 1. The Morgan fingerprint density at radius 3 is 2.14 bits per heavy atom. The van der Waals surface area contributed by atoms with Crippen molar-refractivity contribution in [1.82, 2.24) is 8.87 Å². The van der Waals surface area contributed by atoms with E-state index in [0.717, 1.165) is 11.3 Å². The van der Waals surface area contributed by atoms with Crippen molar-refractivity contribution in [2.75, 3.05) is 17.8 Å². The van der Waals surface area contributed by atoms with Gasteiger partial charge in [-0.05, 0) is 42.5 Å². The Morgan fingerprint density at radius 1 is 0.966 bits per heavy atom. The highest BCUT2D eigenvalue weighted by Gasteiger charge is 2.22. The van der Waals surface area contributed by atoms with Crippen LogP contribution in [0.3, 0.4) is 0 Å². The molecule has 0 spiro atoms. The summed E-state index contributed by atoms with van der Waals surface area (Å²) in [6.45, 7) is 4.20. The van der Waals surface area contributed by atoms with E-state index in [1.54, 1.807) is 27.0 Å². The molecule has 2 aromatic carbocycles. The van der Waals surface area contributed by atoms with E-state index in [4.69, 9.17) is 0 Å². The van der Waals surface area contributed by atoms with Gasteiger partial charge < -0.3 is 4.57 Å². The van der Waals surface area contributed by atoms with Crippen molar-refractivity contribution in [3.05, 3.63) is 52.1 Å². The van der Waals surface area contributed by atoms with Gasteiger partial charge in [-0.3, -0.25) is 9.52 Å². The van der Waals surface area contributed by atoms with Crippen molar-refractivity contribution in [3.63, 3.8) is 0 Å². The Labute approximate surface area is 173 Å². The molecule has 11 heteroatoms. The summed E-state index contributed by atoms with van der Waals surface area (Å²) < 4.78 is 56.3. The van der Waals surface area contributed by atoms with Gasteiger partial charge in [0.2, 0.25) is 10.0 Å². The summed E-state index contributed by atoms with van der Waals surface area (Å²) in [5.74, 6) is 0. The fourth-order valence-corrected chi connectivity index (χ4v) is 6.44. The highest BCUT2D eigenvalue weighted by atomic mass is 32.2. The van der Waals surface area contributed by atoms with Crippen LogP contribution < -0.4 is 9.60 Å². The molecule has 0 amide bonds. The summed E-state index contributed by atoms with van der Waals surface area (Å²) in [5, 5.41) is 0. The van der Waals surface area contributed by atoms with Gasteiger partial charge >= 0.3 is 4.87 Å². The number of benzene rings is 2. The SMILES string of the molecule is CCN(CC)S(=O)(=O)c1ccc(NS(=O)(=O)c2ccc3c(c2)sc(=O)n3C)cc1. The van der Waals surface area contributed by atoms with Gasteiger partial charge in [-0.2, -0.15) is 4.31 Å². The minimum absolute atomic E-state index is 0.0201. The summed E-state index contributed by atoms with van der Waals surface area (Å²) in [5.41, 5.74) is 0.898. The maximum atomic E-state index is 12.7. The number of hydrogen-bond acceptors (Lipinski definition) is 6. The normalized spacial score (nSPS) is 12.6. The standard InChI is InChI=1S/C18H21N3O5S3/c1-4-21(5-2)29(25,26)14-8-6-13(7-9-14)19-28(23,24)15-10-11-16-17(12-15)27-18(22)20(16)3/h6-12,19H,4-5H2,1-3H3. The number of sulfonamides is 2. The molecule has 8 nitrogen and oxygen atoms in total. The molecule has 0 radical (unpaired) electrons. The second-order valence-corrected chi connectivity index (χ2v) is 10.9. The molecule has 0 saturated heterocycles. The molecule has 1 aromatic heterocycles. The molecule has 0 unspecified atom stereocenters. The Morgan fingerprint density at radius 2 is 1.55 bits per heavy atom. The quantitative estimate of drug-likeness (QED) is 0.589. The number of aryl methyl sites for hydroxylation is 1. The number of fused-ring (bicyclic) bond motifs is 1. The van der Waals surface area contributed by atoms with Crippen LogP contribution in [0.15, 0.2) is 57.1 Å². The Kier molecular flexibility index (Phi) is 5.86. The van der Waals surface area contributed by atoms with Gasteiger partial charge in [0.05, 0.1) is 20.0 Å². The molecule has 29 heavy (non-hydrogen) atoms. The smallest absolute Gasteiger partial charge is 0.302 e. The second kappa shape index (κ2) is 7.90. The topological polar surface area (TPSA) is 106 Å². The molecule has 156 valence electrons. The molecule has 1 heterocycles. The number of hydrogen-bond donors (Lipinski definition) is 1. The zero-order valence-electron chi connectivity index (χ0n) is 16.1. The zero-order chi connectivity index (χ0) is 21.4. The number of aromatic nitrogens is 1. The molecule has 0 aliphatic heterocycles. The lowest BCUT2D eigenvalue weighted by Crippen LogP contribution is -2.30. The van der Waals surface area contributed by atoms with Crippen LogP contribution in [-0.4, -0.2) is 38.8 Å². The van der Waals surface area contributed by atoms with Crippen LogP contribution >= 0.6 is 11.3 Å². The highest BCUT2D eigenvalue weighted by molar-refractivity contribution is 7.92. The van der Waals surface area contributed by atoms with Gasteiger partial charge in [-0.25, -0.2) is 16.8 Å². The van der Waals surface area contributed by atoms with Crippen molar-refractivity contribution in [2.45, 2.75) is 23.6 Å². The van der Waals surface area contributed by atoms with Gasteiger partial charge in [0.1, 0.15) is 0 Å². The van der Waals surface area contributed by atoms with Crippen molar-refractivity contribution < 1.29 is 16.8 Å². The van der Waals surface area contributed by atoms with Gasteiger partial charge in [0.15, 0.2) is 0 Å². The highest BCUT2D eigenvalue weighted by Crippen LogP contribution is 2.24. The largest absolute Gasteiger partial charge is 0.307 e. The summed E-state index contributed by atoms with van der Waals surface area (Å²) >= 11 is 0.971. The third-order valence-electron chi connectivity index (χ3n) is 4.52. The lowest BCUT2D eigenvalue weighted by Gasteiger charge is -2.18. The van der Waals surface area contributed by atoms with E-state index < -0.39 is 20.0 Å². The van der Waals surface area contributed by atoms with Crippen molar-refractivity contribution in [1.29, 1.82) is 0 Å².